The van der Waals surface area contributed by atoms with Crippen LogP contribution in [-0.4, -0.2) is 33.9 Å². The first-order valence-corrected chi connectivity index (χ1v) is 7.83. The number of carbonyl (C=O) groups excluding carboxylic acids is 3. The molecule has 6 heteroatoms. The Morgan fingerprint density at radius 2 is 1.88 bits per heavy atom. The fourth-order valence-electron chi connectivity index (χ4n) is 2.57. The lowest BCUT2D eigenvalue weighted by atomic mass is 9.98. The largest absolute Gasteiger partial charge is 0.508 e. The molecule has 0 fully saturated rings. The van der Waals surface area contributed by atoms with Crippen LogP contribution in [0.5, 0.6) is 11.5 Å². The fourth-order valence-corrected chi connectivity index (χ4v) is 2.57. The Balaban J connectivity index is 2.36. The third-order valence-electron chi connectivity index (χ3n) is 3.73. The van der Waals surface area contributed by atoms with Crippen LogP contribution in [0.3, 0.4) is 0 Å². The average molecular weight is 332 g/mol. The van der Waals surface area contributed by atoms with Crippen molar-refractivity contribution in [2.45, 2.75) is 45.1 Å². The van der Waals surface area contributed by atoms with Gasteiger partial charge in [0, 0.05) is 31.7 Å². The first-order chi connectivity index (χ1) is 11.4. The molecule has 0 radical (unpaired) electrons. The van der Waals surface area contributed by atoms with Crippen LogP contribution in [0.15, 0.2) is 24.3 Å². The van der Waals surface area contributed by atoms with E-state index in [1.54, 1.807) is 13.0 Å². The summed E-state index contributed by atoms with van der Waals surface area (Å²) in [6, 6.07) is 2.31. The summed E-state index contributed by atoms with van der Waals surface area (Å²) in [6.45, 7) is 1.67. The number of ketones is 2. The Labute approximate surface area is 139 Å². The van der Waals surface area contributed by atoms with Crippen LogP contribution in [0.2, 0.25) is 0 Å². The molecule has 0 unspecified atom stereocenters. The summed E-state index contributed by atoms with van der Waals surface area (Å²) in [5.74, 6) is -1.68. The number of phenols is 2. The summed E-state index contributed by atoms with van der Waals surface area (Å²) in [5, 5.41) is 19.6. The zero-order valence-electron chi connectivity index (χ0n) is 13.4. The van der Waals surface area contributed by atoms with E-state index in [9.17, 15) is 24.6 Å². The molecule has 128 valence electrons. The van der Waals surface area contributed by atoms with Gasteiger partial charge in [0.25, 0.3) is 0 Å². The summed E-state index contributed by atoms with van der Waals surface area (Å²) in [6.07, 6.45) is 3.68. The van der Waals surface area contributed by atoms with E-state index in [4.69, 9.17) is 4.74 Å². The Hall–Kier alpha value is -2.63. The smallest absolute Gasteiger partial charge is 0.342 e. The van der Waals surface area contributed by atoms with Gasteiger partial charge in [0.1, 0.15) is 28.9 Å². The Morgan fingerprint density at radius 3 is 2.62 bits per heavy atom. The van der Waals surface area contributed by atoms with E-state index in [1.165, 1.54) is 12.1 Å². The van der Waals surface area contributed by atoms with Crippen molar-refractivity contribution >= 4 is 17.5 Å². The molecule has 1 heterocycles. The van der Waals surface area contributed by atoms with Gasteiger partial charge < -0.3 is 14.9 Å². The van der Waals surface area contributed by atoms with Crippen molar-refractivity contribution in [1.29, 1.82) is 0 Å². The van der Waals surface area contributed by atoms with Gasteiger partial charge in [-0.15, -0.1) is 0 Å². The maximum absolute atomic E-state index is 12.3. The number of benzene rings is 1. The summed E-state index contributed by atoms with van der Waals surface area (Å²) >= 11 is 0. The standard InChI is InChI=1S/C18H20O6/c1-11-4-2-5-13(19)6-3-7-14(20)8-12-9-15(21)10-16(22)17(12)18(23)24-11/h2,5,9-11,21-22H,3-4,6-8H2,1H3/t11-/m1/s1. The van der Waals surface area contributed by atoms with E-state index in [1.807, 2.05) is 0 Å². The number of carbonyl (C=O) groups is 3. The van der Waals surface area contributed by atoms with Gasteiger partial charge in [-0.05, 0) is 31.1 Å². The van der Waals surface area contributed by atoms with Gasteiger partial charge >= 0.3 is 5.97 Å². The molecule has 0 bridgehead atoms. The Bertz CT molecular complexity index is 689. The minimum Gasteiger partial charge on any atom is -0.508 e. The van der Waals surface area contributed by atoms with Crippen molar-refractivity contribution in [3.63, 3.8) is 0 Å². The van der Waals surface area contributed by atoms with Gasteiger partial charge in [-0.2, -0.15) is 0 Å². The highest BCUT2D eigenvalue weighted by molar-refractivity contribution is 5.96. The van der Waals surface area contributed by atoms with Crippen LogP contribution in [0.25, 0.3) is 0 Å². The predicted octanol–water partition coefficient (Wildman–Crippen LogP) is 2.45. The molecular formula is C18H20O6. The molecule has 6 nitrogen and oxygen atoms in total. The van der Waals surface area contributed by atoms with E-state index in [0.717, 1.165) is 6.07 Å². The number of hydrogen-bond acceptors (Lipinski definition) is 6. The van der Waals surface area contributed by atoms with Gasteiger partial charge in [0.05, 0.1) is 0 Å². The second-order valence-electron chi connectivity index (χ2n) is 5.89. The quantitative estimate of drug-likeness (QED) is 0.708. The normalized spacial score (nSPS) is 20.2. The summed E-state index contributed by atoms with van der Waals surface area (Å²) in [4.78, 5) is 36.0. The lowest BCUT2D eigenvalue weighted by Gasteiger charge is -2.15. The number of hydrogen-bond donors (Lipinski definition) is 2. The third-order valence-corrected chi connectivity index (χ3v) is 3.73. The third kappa shape index (κ3) is 4.68. The molecule has 1 aliphatic heterocycles. The van der Waals surface area contributed by atoms with Crippen LogP contribution in [0, 0.1) is 0 Å². The number of fused-ring (bicyclic) bond motifs is 1. The van der Waals surface area contributed by atoms with Crippen molar-refractivity contribution in [3.05, 3.63) is 35.4 Å². The van der Waals surface area contributed by atoms with Crippen LogP contribution < -0.4 is 0 Å². The molecule has 1 aliphatic rings. The zero-order valence-corrected chi connectivity index (χ0v) is 13.4. The van der Waals surface area contributed by atoms with Crippen molar-refractivity contribution in [2.75, 3.05) is 0 Å². The first kappa shape index (κ1) is 17.7. The van der Waals surface area contributed by atoms with Crippen LogP contribution in [0.4, 0.5) is 0 Å². The van der Waals surface area contributed by atoms with Gasteiger partial charge in [0.15, 0.2) is 5.78 Å². The summed E-state index contributed by atoms with van der Waals surface area (Å²) in [7, 11) is 0. The molecule has 0 spiro atoms. The van der Waals surface area contributed by atoms with Crippen molar-refractivity contribution in [1.82, 2.24) is 0 Å². The summed E-state index contributed by atoms with van der Waals surface area (Å²) < 4.78 is 5.26. The molecule has 0 saturated heterocycles. The van der Waals surface area contributed by atoms with Crippen LogP contribution in [0.1, 0.15) is 48.5 Å². The Morgan fingerprint density at radius 1 is 1.12 bits per heavy atom. The number of esters is 1. The molecule has 0 aromatic heterocycles. The number of ether oxygens (including phenoxy) is 1. The summed E-state index contributed by atoms with van der Waals surface area (Å²) in [5.41, 5.74) is 0.110. The number of Topliss-reactive ketones (excluding diaryl/α,β-unsaturated/α-hetero) is 1. The Kier molecular flexibility index (Phi) is 5.73. The first-order valence-electron chi connectivity index (χ1n) is 7.83. The van der Waals surface area contributed by atoms with Crippen LogP contribution in [-0.2, 0) is 20.7 Å². The lowest BCUT2D eigenvalue weighted by Crippen LogP contribution is -2.17. The molecule has 2 N–H and O–H groups in total. The highest BCUT2D eigenvalue weighted by atomic mass is 16.5. The van der Waals surface area contributed by atoms with Crippen molar-refractivity contribution in [3.8, 4) is 11.5 Å². The topological polar surface area (TPSA) is 101 Å². The molecule has 1 atom stereocenters. The zero-order chi connectivity index (χ0) is 17.7. The fraction of sp³-hybridized carbons (Fsp3) is 0.389. The predicted molar refractivity (Wildman–Crippen MR) is 86.0 cm³/mol. The van der Waals surface area contributed by atoms with Gasteiger partial charge in [-0.3, -0.25) is 9.59 Å². The number of aromatic hydroxyl groups is 2. The lowest BCUT2D eigenvalue weighted by molar-refractivity contribution is -0.118. The van der Waals surface area contributed by atoms with Crippen LogP contribution >= 0.6 is 0 Å². The monoisotopic (exact) mass is 332 g/mol. The van der Waals surface area contributed by atoms with Crippen molar-refractivity contribution in [2.24, 2.45) is 0 Å². The minimum absolute atomic E-state index is 0.0749. The van der Waals surface area contributed by atoms with E-state index in [2.05, 4.69) is 0 Å². The van der Waals surface area contributed by atoms with Gasteiger partial charge in [-0.25, -0.2) is 4.79 Å². The minimum atomic E-state index is -0.764. The molecule has 0 aliphatic carbocycles. The van der Waals surface area contributed by atoms with E-state index in [0.29, 0.717) is 12.8 Å². The van der Waals surface area contributed by atoms with Crippen molar-refractivity contribution < 1.29 is 29.3 Å². The second-order valence-corrected chi connectivity index (χ2v) is 5.89. The van der Waals surface area contributed by atoms with E-state index in [-0.39, 0.29) is 47.7 Å². The molecule has 0 amide bonds. The maximum Gasteiger partial charge on any atom is 0.342 e. The van der Waals surface area contributed by atoms with Gasteiger partial charge in [-0.1, -0.05) is 6.08 Å². The molecule has 1 aromatic carbocycles. The number of rotatable bonds is 0. The van der Waals surface area contributed by atoms with E-state index >= 15 is 0 Å². The highest BCUT2D eigenvalue weighted by Gasteiger charge is 2.22. The SMILES string of the molecule is C[C@@H]1CC=CC(=O)CCCC(=O)Cc2cc(O)cc(O)c2C(=O)O1. The number of cyclic esters (lactones) is 1. The molecule has 24 heavy (non-hydrogen) atoms. The van der Waals surface area contributed by atoms with Gasteiger partial charge in [0.2, 0.25) is 0 Å². The molecule has 2 rings (SSSR count). The molecular weight excluding hydrogens is 312 g/mol. The average Bonchev–Trinajstić information content (AvgIpc) is 2.45. The second kappa shape index (κ2) is 7.77. The maximum atomic E-state index is 12.3. The molecule has 0 saturated carbocycles. The molecule has 1 aromatic rings. The van der Waals surface area contributed by atoms with E-state index < -0.39 is 17.8 Å². The number of phenolic OH excluding ortho intramolecular Hbond substituents is 2. The highest BCUT2D eigenvalue weighted by Crippen LogP contribution is 2.29. The number of allylic oxidation sites excluding steroid dienone is 1.